The maximum Gasteiger partial charge on any atom is 0.239 e. The SMILES string of the molecule is CCN1CCC[C@@H](CN(C)C(=O)[C@@H](C(C)C)N(C)C)[C@@H]1c1cnn(C)c1. The third kappa shape index (κ3) is 4.65. The van der Waals surface area contributed by atoms with Crippen LogP contribution in [0, 0.1) is 11.8 Å². The molecule has 26 heavy (non-hydrogen) atoms. The van der Waals surface area contributed by atoms with Gasteiger partial charge in [0, 0.05) is 38.4 Å². The summed E-state index contributed by atoms with van der Waals surface area (Å²) in [5.41, 5.74) is 1.27. The first-order valence-electron chi connectivity index (χ1n) is 9.90. The third-order valence-electron chi connectivity index (χ3n) is 5.66. The second kappa shape index (κ2) is 9.00. The quantitative estimate of drug-likeness (QED) is 0.745. The van der Waals surface area contributed by atoms with E-state index < -0.39 is 0 Å². The molecule has 2 heterocycles. The molecule has 1 aromatic heterocycles. The van der Waals surface area contributed by atoms with Gasteiger partial charge in [-0.05, 0) is 51.9 Å². The summed E-state index contributed by atoms with van der Waals surface area (Å²) in [4.78, 5) is 19.6. The Morgan fingerprint density at radius 3 is 2.54 bits per heavy atom. The van der Waals surface area contributed by atoms with Crippen LogP contribution in [0.5, 0.6) is 0 Å². The summed E-state index contributed by atoms with van der Waals surface area (Å²) in [5.74, 6) is 0.966. The average Bonchev–Trinajstić information content (AvgIpc) is 2.99. The summed E-state index contributed by atoms with van der Waals surface area (Å²) >= 11 is 0. The first kappa shape index (κ1) is 20.9. The summed E-state index contributed by atoms with van der Waals surface area (Å²) in [6, 6.07) is 0.275. The van der Waals surface area contributed by atoms with E-state index in [0.717, 1.165) is 26.1 Å². The van der Waals surface area contributed by atoms with E-state index in [9.17, 15) is 4.79 Å². The van der Waals surface area contributed by atoms with Crippen LogP contribution in [-0.4, -0.2) is 77.2 Å². The van der Waals surface area contributed by atoms with E-state index in [1.165, 1.54) is 12.0 Å². The molecule has 0 bridgehead atoms. The molecule has 6 nitrogen and oxygen atoms in total. The Morgan fingerprint density at radius 1 is 1.35 bits per heavy atom. The van der Waals surface area contributed by atoms with Gasteiger partial charge in [0.1, 0.15) is 0 Å². The van der Waals surface area contributed by atoms with Gasteiger partial charge in [-0.3, -0.25) is 19.3 Å². The molecule has 0 saturated carbocycles. The van der Waals surface area contributed by atoms with Gasteiger partial charge in [-0.2, -0.15) is 5.10 Å². The molecule has 0 aliphatic carbocycles. The molecular weight excluding hydrogens is 326 g/mol. The number of aryl methyl sites for hydroxylation is 1. The van der Waals surface area contributed by atoms with E-state index >= 15 is 0 Å². The molecule has 0 radical (unpaired) electrons. The second-order valence-electron chi connectivity index (χ2n) is 8.29. The molecule has 148 valence electrons. The normalized spacial score (nSPS) is 22.8. The summed E-state index contributed by atoms with van der Waals surface area (Å²) in [5, 5.41) is 4.39. The van der Waals surface area contributed by atoms with Crippen molar-refractivity contribution in [3.63, 3.8) is 0 Å². The number of hydrogen-bond donors (Lipinski definition) is 0. The van der Waals surface area contributed by atoms with E-state index in [2.05, 4.69) is 37.0 Å². The van der Waals surface area contributed by atoms with Gasteiger partial charge < -0.3 is 4.90 Å². The van der Waals surface area contributed by atoms with Crippen LogP contribution in [-0.2, 0) is 11.8 Å². The van der Waals surface area contributed by atoms with Crippen molar-refractivity contribution >= 4 is 5.91 Å². The molecule has 2 rings (SSSR count). The van der Waals surface area contributed by atoms with Gasteiger partial charge in [0.15, 0.2) is 0 Å². The number of aromatic nitrogens is 2. The molecule has 1 aromatic rings. The van der Waals surface area contributed by atoms with Crippen LogP contribution < -0.4 is 0 Å². The number of piperidine rings is 1. The molecular formula is C20H37N5O. The minimum absolute atomic E-state index is 0.0669. The van der Waals surface area contributed by atoms with Crippen LogP contribution in [0.4, 0.5) is 0 Å². The molecule has 1 amide bonds. The Kier molecular flexibility index (Phi) is 7.24. The van der Waals surface area contributed by atoms with E-state index in [1.54, 1.807) is 0 Å². The minimum Gasteiger partial charge on any atom is -0.344 e. The fourth-order valence-corrected chi connectivity index (χ4v) is 4.54. The lowest BCUT2D eigenvalue weighted by Gasteiger charge is -2.42. The third-order valence-corrected chi connectivity index (χ3v) is 5.66. The Bertz CT molecular complexity index is 575. The number of rotatable bonds is 7. The fourth-order valence-electron chi connectivity index (χ4n) is 4.54. The van der Waals surface area contributed by atoms with E-state index in [0.29, 0.717) is 17.9 Å². The monoisotopic (exact) mass is 363 g/mol. The van der Waals surface area contributed by atoms with Gasteiger partial charge in [-0.1, -0.05) is 20.8 Å². The first-order valence-corrected chi connectivity index (χ1v) is 9.90. The van der Waals surface area contributed by atoms with Gasteiger partial charge in [0.25, 0.3) is 0 Å². The van der Waals surface area contributed by atoms with Crippen molar-refractivity contribution in [3.05, 3.63) is 18.0 Å². The number of likely N-dealkylation sites (tertiary alicyclic amines) is 1. The highest BCUT2D eigenvalue weighted by atomic mass is 16.2. The number of likely N-dealkylation sites (N-methyl/N-ethyl adjacent to an activating group) is 2. The van der Waals surface area contributed by atoms with Crippen molar-refractivity contribution in [2.75, 3.05) is 40.8 Å². The summed E-state index contributed by atoms with van der Waals surface area (Å²) in [7, 11) is 7.92. The fraction of sp³-hybridized carbons (Fsp3) is 0.800. The Balaban J connectivity index is 2.17. The van der Waals surface area contributed by atoms with E-state index in [-0.39, 0.29) is 11.9 Å². The first-order chi connectivity index (χ1) is 12.3. The van der Waals surface area contributed by atoms with Crippen LogP contribution in [0.1, 0.15) is 45.2 Å². The lowest BCUT2D eigenvalue weighted by molar-refractivity contribution is -0.137. The van der Waals surface area contributed by atoms with Crippen LogP contribution in [0.15, 0.2) is 12.4 Å². The van der Waals surface area contributed by atoms with Gasteiger partial charge in [0.2, 0.25) is 5.91 Å². The van der Waals surface area contributed by atoms with Crippen LogP contribution in [0.2, 0.25) is 0 Å². The molecule has 0 N–H and O–H groups in total. The zero-order valence-corrected chi connectivity index (χ0v) is 17.6. The highest BCUT2D eigenvalue weighted by Gasteiger charge is 2.35. The molecule has 6 heteroatoms. The van der Waals surface area contributed by atoms with Gasteiger partial charge in [-0.25, -0.2) is 0 Å². The summed E-state index contributed by atoms with van der Waals surface area (Å²) in [6.45, 7) is 9.41. The maximum atomic E-state index is 13.1. The number of hydrogen-bond acceptors (Lipinski definition) is 4. The van der Waals surface area contributed by atoms with Crippen molar-refractivity contribution in [3.8, 4) is 0 Å². The maximum absolute atomic E-state index is 13.1. The standard InChI is InChI=1S/C20H37N5O/c1-8-25-11-9-10-16(19(25)17-12-21-24(7)14-17)13-23(6)20(26)18(15(2)3)22(4)5/h12,14-16,18-19H,8-11,13H2,1-7H3/t16-,18+,19+/m0/s1. The lowest BCUT2D eigenvalue weighted by atomic mass is 9.85. The Labute approximate surface area is 159 Å². The zero-order valence-electron chi connectivity index (χ0n) is 17.6. The molecule has 1 fully saturated rings. The number of nitrogens with zero attached hydrogens (tertiary/aromatic N) is 5. The number of amides is 1. The average molecular weight is 364 g/mol. The van der Waals surface area contributed by atoms with E-state index in [4.69, 9.17) is 0 Å². The highest BCUT2D eigenvalue weighted by molar-refractivity contribution is 5.81. The highest BCUT2D eigenvalue weighted by Crippen LogP contribution is 2.36. The van der Waals surface area contributed by atoms with Crippen LogP contribution in [0.25, 0.3) is 0 Å². The smallest absolute Gasteiger partial charge is 0.239 e. The number of carbonyl (C=O) groups excluding carboxylic acids is 1. The van der Waals surface area contributed by atoms with Gasteiger partial charge >= 0.3 is 0 Å². The largest absolute Gasteiger partial charge is 0.344 e. The van der Waals surface area contributed by atoms with Gasteiger partial charge in [-0.15, -0.1) is 0 Å². The molecule has 0 spiro atoms. The van der Waals surface area contributed by atoms with Crippen molar-refractivity contribution < 1.29 is 4.79 Å². The summed E-state index contributed by atoms with van der Waals surface area (Å²) in [6.07, 6.45) is 6.47. The predicted octanol–water partition coefficient (Wildman–Crippen LogP) is 2.24. The zero-order chi connectivity index (χ0) is 19.4. The van der Waals surface area contributed by atoms with Crippen LogP contribution in [0.3, 0.4) is 0 Å². The molecule has 1 aliphatic rings. The predicted molar refractivity (Wildman–Crippen MR) is 106 cm³/mol. The molecule has 1 aliphatic heterocycles. The molecule has 1 saturated heterocycles. The van der Waals surface area contributed by atoms with Gasteiger partial charge in [0.05, 0.1) is 12.2 Å². The van der Waals surface area contributed by atoms with Crippen LogP contribution >= 0.6 is 0 Å². The minimum atomic E-state index is -0.0669. The molecule has 0 unspecified atom stereocenters. The van der Waals surface area contributed by atoms with E-state index in [1.807, 2.05) is 48.9 Å². The lowest BCUT2D eigenvalue weighted by Crippen LogP contribution is -2.50. The van der Waals surface area contributed by atoms with Crippen molar-refractivity contribution in [1.82, 2.24) is 24.5 Å². The van der Waals surface area contributed by atoms with Crippen molar-refractivity contribution in [1.29, 1.82) is 0 Å². The Hall–Kier alpha value is -1.40. The topological polar surface area (TPSA) is 44.6 Å². The summed E-state index contributed by atoms with van der Waals surface area (Å²) < 4.78 is 1.88. The molecule has 3 atom stereocenters. The number of carbonyl (C=O) groups is 1. The second-order valence-corrected chi connectivity index (χ2v) is 8.29. The van der Waals surface area contributed by atoms with Crippen molar-refractivity contribution in [2.24, 2.45) is 18.9 Å². The molecule has 0 aromatic carbocycles. The Morgan fingerprint density at radius 2 is 2.04 bits per heavy atom. The van der Waals surface area contributed by atoms with Crippen molar-refractivity contribution in [2.45, 2.75) is 45.7 Å².